The number of halogens is 2. The van der Waals surface area contributed by atoms with Gasteiger partial charge in [-0.05, 0) is 62.3 Å². The number of aryl methyl sites for hydroxylation is 1. The summed E-state index contributed by atoms with van der Waals surface area (Å²) in [4.78, 5) is 11.0. The highest BCUT2D eigenvalue weighted by Gasteiger charge is 2.28. The number of pyridine rings is 2. The molecule has 3 aliphatic rings. The molecule has 31 heavy (non-hydrogen) atoms. The van der Waals surface area contributed by atoms with Crippen LogP contribution in [-0.4, -0.2) is 46.9 Å². The summed E-state index contributed by atoms with van der Waals surface area (Å²) in [6, 6.07) is 8.75. The molecule has 0 aliphatic carbocycles. The predicted molar refractivity (Wildman–Crippen MR) is 140 cm³/mol. The molecule has 0 unspecified atom stereocenters. The normalized spacial score (nSPS) is 20.3. The van der Waals surface area contributed by atoms with E-state index in [1.165, 1.54) is 24.1 Å². The van der Waals surface area contributed by atoms with Gasteiger partial charge >= 0.3 is 0 Å². The second-order valence-electron chi connectivity index (χ2n) is 7.82. The summed E-state index contributed by atoms with van der Waals surface area (Å²) < 4.78 is 0. The van der Waals surface area contributed by atoms with E-state index >= 15 is 0 Å². The van der Waals surface area contributed by atoms with E-state index in [2.05, 4.69) is 31.6 Å². The van der Waals surface area contributed by atoms with Gasteiger partial charge in [-0.15, -0.1) is 0 Å². The standard InChI is InChI=1S/C11H15ClN2O.C10H12ClN3.2H2S/c12-10-6-4-8-3-5-9(2-1-7-15)13-11(8)14-10;11-9-4-3-8-10(13-9)12-7-2-1-5-14(8)6-7;;/h4,6,9,15H,1-3,5,7H2,(H,13,14);3-4,7H,1-2,5-6H2,(H,12,13);2*1H2/t9-;7-;;/m00../s1. The Morgan fingerprint density at radius 3 is 2.52 bits per heavy atom. The molecule has 1 saturated heterocycles. The van der Waals surface area contributed by atoms with Crippen LogP contribution >= 0.6 is 50.2 Å². The van der Waals surface area contributed by atoms with Gasteiger partial charge in [-0.3, -0.25) is 0 Å². The van der Waals surface area contributed by atoms with Gasteiger partial charge in [0.05, 0.1) is 5.69 Å². The molecule has 2 aromatic heterocycles. The van der Waals surface area contributed by atoms with Crippen molar-refractivity contribution >= 4 is 67.5 Å². The zero-order valence-corrected chi connectivity index (χ0v) is 20.9. The summed E-state index contributed by atoms with van der Waals surface area (Å²) in [5, 5.41) is 16.7. The first-order chi connectivity index (χ1) is 14.1. The van der Waals surface area contributed by atoms with Crippen molar-refractivity contribution in [2.24, 2.45) is 0 Å². The molecule has 2 aromatic rings. The molecule has 2 atom stereocenters. The summed E-state index contributed by atoms with van der Waals surface area (Å²) in [7, 11) is 0. The average Bonchev–Trinajstić information content (AvgIpc) is 2.72. The van der Waals surface area contributed by atoms with Crippen LogP contribution in [0.25, 0.3) is 0 Å². The molecule has 5 rings (SSSR count). The van der Waals surface area contributed by atoms with Crippen molar-refractivity contribution in [2.75, 3.05) is 35.2 Å². The van der Waals surface area contributed by atoms with Crippen LogP contribution in [0.2, 0.25) is 10.3 Å². The summed E-state index contributed by atoms with van der Waals surface area (Å²) >= 11 is 11.7. The maximum absolute atomic E-state index is 8.77. The monoisotopic (exact) mass is 503 g/mol. The Balaban J connectivity index is 0.000000207. The van der Waals surface area contributed by atoms with Crippen LogP contribution in [0.4, 0.5) is 17.3 Å². The van der Waals surface area contributed by atoms with Gasteiger partial charge in [-0.2, -0.15) is 27.0 Å². The molecule has 6 nitrogen and oxygen atoms in total. The average molecular weight is 505 g/mol. The first kappa shape index (κ1) is 26.2. The fourth-order valence-corrected chi connectivity index (χ4v) is 4.53. The Morgan fingerprint density at radius 1 is 1.00 bits per heavy atom. The van der Waals surface area contributed by atoms with Crippen LogP contribution in [0.1, 0.15) is 37.7 Å². The van der Waals surface area contributed by atoms with Crippen molar-refractivity contribution in [1.82, 2.24) is 9.97 Å². The molecule has 0 amide bonds. The third-order valence-electron chi connectivity index (χ3n) is 5.70. The van der Waals surface area contributed by atoms with Gasteiger partial charge < -0.3 is 20.6 Å². The minimum Gasteiger partial charge on any atom is -0.396 e. The lowest BCUT2D eigenvalue weighted by Crippen LogP contribution is -2.46. The minimum absolute atomic E-state index is 0. The van der Waals surface area contributed by atoms with Crippen LogP contribution in [0, 0.1) is 0 Å². The highest BCUT2D eigenvalue weighted by molar-refractivity contribution is 7.59. The Morgan fingerprint density at radius 2 is 1.74 bits per heavy atom. The third kappa shape index (κ3) is 6.71. The molecular formula is C21H31Cl2N5OS2. The summed E-state index contributed by atoms with van der Waals surface area (Å²) in [5.74, 6) is 1.87. The van der Waals surface area contributed by atoms with Gasteiger partial charge in [0.2, 0.25) is 0 Å². The molecule has 2 bridgehead atoms. The lowest BCUT2D eigenvalue weighted by Gasteiger charge is -2.40. The van der Waals surface area contributed by atoms with E-state index < -0.39 is 0 Å². The third-order valence-corrected chi connectivity index (χ3v) is 6.12. The van der Waals surface area contributed by atoms with Crippen molar-refractivity contribution in [3.63, 3.8) is 0 Å². The van der Waals surface area contributed by atoms with Crippen molar-refractivity contribution in [1.29, 1.82) is 0 Å². The van der Waals surface area contributed by atoms with Gasteiger partial charge in [-0.1, -0.05) is 29.3 Å². The smallest absolute Gasteiger partial charge is 0.151 e. The number of anilines is 3. The van der Waals surface area contributed by atoms with E-state index in [0.717, 1.165) is 50.4 Å². The molecular weight excluding hydrogens is 473 g/mol. The lowest BCUT2D eigenvalue weighted by molar-refractivity contribution is 0.279. The first-order valence-corrected chi connectivity index (χ1v) is 11.1. The molecule has 5 heterocycles. The Labute approximate surface area is 208 Å². The number of fused-ring (bicyclic) bond motifs is 5. The van der Waals surface area contributed by atoms with E-state index in [1.54, 1.807) is 0 Å². The molecule has 3 aliphatic heterocycles. The highest BCUT2D eigenvalue weighted by atomic mass is 35.5. The number of hydrogen-bond donors (Lipinski definition) is 3. The summed E-state index contributed by atoms with van der Waals surface area (Å²) in [6.07, 6.45) is 6.49. The number of aliphatic hydroxyl groups is 1. The number of hydrogen-bond acceptors (Lipinski definition) is 6. The maximum atomic E-state index is 8.77. The topological polar surface area (TPSA) is 73.3 Å². The maximum Gasteiger partial charge on any atom is 0.151 e. The molecule has 172 valence electrons. The van der Waals surface area contributed by atoms with Crippen LogP contribution < -0.4 is 15.5 Å². The first-order valence-electron chi connectivity index (χ1n) is 10.3. The van der Waals surface area contributed by atoms with Crippen molar-refractivity contribution < 1.29 is 5.11 Å². The SMILES string of the molecule is Clc1ccc2c(n1)N[C@H]1CCCN2C1.OCCC[C@H]1CCc2ccc(Cl)nc2N1.S.S. The number of nitrogens with one attached hydrogen (secondary N) is 2. The Kier molecular flexibility index (Phi) is 10.4. The number of rotatable bonds is 3. The van der Waals surface area contributed by atoms with Crippen molar-refractivity contribution in [2.45, 2.75) is 50.6 Å². The number of aromatic nitrogens is 2. The van der Waals surface area contributed by atoms with Gasteiger partial charge in [-0.25, -0.2) is 9.97 Å². The number of nitrogens with zero attached hydrogens (tertiary/aromatic N) is 3. The molecule has 0 aromatic carbocycles. The van der Waals surface area contributed by atoms with E-state index in [4.69, 9.17) is 28.3 Å². The van der Waals surface area contributed by atoms with Crippen LogP contribution in [-0.2, 0) is 6.42 Å². The molecule has 10 heteroatoms. The fraction of sp³-hybridized carbons (Fsp3) is 0.524. The number of piperidine rings is 1. The zero-order chi connectivity index (χ0) is 20.2. The van der Waals surface area contributed by atoms with Crippen LogP contribution in [0.3, 0.4) is 0 Å². The molecule has 0 spiro atoms. The Hall–Kier alpha value is -1.06. The zero-order valence-electron chi connectivity index (χ0n) is 17.4. The minimum atomic E-state index is 0. The van der Waals surface area contributed by atoms with Gasteiger partial charge in [0.15, 0.2) is 5.82 Å². The molecule has 3 N–H and O–H groups in total. The van der Waals surface area contributed by atoms with E-state index in [-0.39, 0.29) is 33.6 Å². The summed E-state index contributed by atoms with van der Waals surface area (Å²) in [6.45, 7) is 2.51. The fourth-order valence-electron chi connectivity index (χ4n) is 4.24. The van der Waals surface area contributed by atoms with E-state index in [9.17, 15) is 0 Å². The molecule has 0 saturated carbocycles. The van der Waals surface area contributed by atoms with E-state index in [1.807, 2.05) is 18.2 Å². The van der Waals surface area contributed by atoms with Gasteiger partial charge in [0, 0.05) is 31.8 Å². The van der Waals surface area contributed by atoms with Gasteiger partial charge in [0.1, 0.15) is 16.1 Å². The molecule has 0 radical (unpaired) electrons. The quantitative estimate of drug-likeness (QED) is 0.531. The van der Waals surface area contributed by atoms with Crippen molar-refractivity contribution in [3.8, 4) is 0 Å². The number of aliphatic hydroxyl groups excluding tert-OH is 1. The second-order valence-corrected chi connectivity index (χ2v) is 8.59. The lowest BCUT2D eigenvalue weighted by atomic mass is 9.98. The Bertz CT molecular complexity index is 861. The van der Waals surface area contributed by atoms with Crippen molar-refractivity contribution in [3.05, 3.63) is 40.1 Å². The van der Waals surface area contributed by atoms with Crippen LogP contribution in [0.5, 0.6) is 0 Å². The van der Waals surface area contributed by atoms with Gasteiger partial charge in [0.25, 0.3) is 0 Å². The van der Waals surface area contributed by atoms with E-state index in [0.29, 0.717) is 22.4 Å². The largest absolute Gasteiger partial charge is 0.396 e. The predicted octanol–water partition coefficient (Wildman–Crippen LogP) is 4.59. The highest BCUT2D eigenvalue weighted by Crippen LogP contribution is 2.33. The molecule has 1 fully saturated rings. The summed E-state index contributed by atoms with van der Waals surface area (Å²) in [5.41, 5.74) is 2.44. The second kappa shape index (κ2) is 12.3. The van der Waals surface area contributed by atoms with Crippen LogP contribution in [0.15, 0.2) is 24.3 Å².